The summed E-state index contributed by atoms with van der Waals surface area (Å²) in [7, 11) is 0. The van der Waals surface area contributed by atoms with Crippen LogP contribution in [0.1, 0.15) is 57.6 Å². The first-order chi connectivity index (χ1) is 13.7. The molecule has 2 aromatic carbocycles. The molecule has 1 saturated heterocycles. The second kappa shape index (κ2) is 7.39. The molecule has 5 rings (SSSR count). The van der Waals surface area contributed by atoms with Gasteiger partial charge < -0.3 is 10.4 Å². The number of hydrogen-bond acceptors (Lipinski definition) is 5. The quantitative estimate of drug-likeness (QED) is 0.658. The number of nitrogens with one attached hydrogen (secondary N) is 1. The number of benzene rings is 2. The number of piperidine rings is 1. The lowest BCUT2D eigenvalue weighted by molar-refractivity contribution is 0.0921. The Morgan fingerprint density at radius 3 is 2.86 bits per heavy atom. The maximum Gasteiger partial charge on any atom is 0.163 e. The summed E-state index contributed by atoms with van der Waals surface area (Å²) in [4.78, 5) is 17.8. The van der Waals surface area contributed by atoms with Crippen molar-refractivity contribution in [1.82, 2.24) is 10.3 Å². The second-order valence-corrected chi connectivity index (χ2v) is 9.03. The number of carbonyl (C=O) groups is 1. The number of hydrogen-bond donors (Lipinski definition) is 2. The molecule has 4 nitrogen and oxygen atoms in total. The Morgan fingerprint density at radius 1 is 1.18 bits per heavy atom. The summed E-state index contributed by atoms with van der Waals surface area (Å²) in [5.41, 5.74) is 4.00. The van der Waals surface area contributed by atoms with Crippen LogP contribution in [0.5, 0.6) is 0 Å². The van der Waals surface area contributed by atoms with Gasteiger partial charge in [0, 0.05) is 23.8 Å². The summed E-state index contributed by atoms with van der Waals surface area (Å²) in [5.74, 6) is 0.522. The number of fused-ring (bicyclic) bond motifs is 2. The van der Waals surface area contributed by atoms with Crippen LogP contribution < -0.4 is 5.32 Å². The molecule has 0 spiro atoms. The summed E-state index contributed by atoms with van der Waals surface area (Å²) in [6.45, 7) is 2.10. The van der Waals surface area contributed by atoms with E-state index in [0.717, 1.165) is 52.8 Å². The minimum absolute atomic E-state index is 0.0967. The standard InChI is InChI=1S/C23H24N2O2S/c26-20(13-18-17-4-2-1-3-15(17)11-21(18)27)16-5-6-19-22(12-16)28-23(25-19)14-7-9-24-10-8-14/h1-6,12,14,18,21,24,27H,7-11,13H2/t18-,21-/m1/s1. The lowest BCUT2D eigenvalue weighted by atomic mass is 9.92. The number of Topliss-reactive ketones (excluding diaryl/α,β-unsaturated/α-hetero) is 1. The van der Waals surface area contributed by atoms with E-state index in [1.54, 1.807) is 11.3 Å². The fourth-order valence-electron chi connectivity index (χ4n) is 4.58. The first-order valence-electron chi connectivity index (χ1n) is 10.1. The van der Waals surface area contributed by atoms with E-state index in [0.29, 0.717) is 18.8 Å². The van der Waals surface area contributed by atoms with Gasteiger partial charge in [0.05, 0.1) is 21.3 Å². The highest BCUT2D eigenvalue weighted by Crippen LogP contribution is 2.37. The molecule has 1 fully saturated rings. The van der Waals surface area contributed by atoms with Gasteiger partial charge in [-0.2, -0.15) is 0 Å². The smallest absolute Gasteiger partial charge is 0.163 e. The summed E-state index contributed by atoms with van der Waals surface area (Å²) in [5, 5.41) is 15.1. The van der Waals surface area contributed by atoms with Crippen molar-refractivity contribution in [2.24, 2.45) is 0 Å². The number of thiazole rings is 1. The molecule has 1 aromatic heterocycles. The van der Waals surface area contributed by atoms with Crippen LogP contribution in [0, 0.1) is 0 Å². The van der Waals surface area contributed by atoms with Gasteiger partial charge in [-0.05, 0) is 61.7 Å². The maximum absolute atomic E-state index is 13.0. The number of aliphatic hydroxyl groups is 1. The zero-order valence-corrected chi connectivity index (χ0v) is 16.5. The first kappa shape index (κ1) is 18.0. The third kappa shape index (κ3) is 3.28. The molecule has 1 aliphatic heterocycles. The largest absolute Gasteiger partial charge is 0.392 e. The van der Waals surface area contributed by atoms with Crippen LogP contribution in [-0.2, 0) is 6.42 Å². The van der Waals surface area contributed by atoms with Gasteiger partial charge in [0.1, 0.15) is 0 Å². The fourth-order valence-corrected chi connectivity index (χ4v) is 5.76. The number of rotatable bonds is 4. The highest BCUT2D eigenvalue weighted by atomic mass is 32.1. The Labute approximate surface area is 168 Å². The lowest BCUT2D eigenvalue weighted by Crippen LogP contribution is -2.26. The molecule has 0 saturated carbocycles. The number of carbonyl (C=O) groups excluding carboxylic acids is 1. The normalized spacial score (nSPS) is 22.5. The van der Waals surface area contributed by atoms with E-state index in [2.05, 4.69) is 11.4 Å². The molecule has 2 heterocycles. The lowest BCUT2D eigenvalue weighted by Gasteiger charge is -2.20. The summed E-state index contributed by atoms with van der Waals surface area (Å²) in [6, 6.07) is 13.9. The van der Waals surface area contributed by atoms with Crippen molar-refractivity contribution in [3.05, 3.63) is 64.2 Å². The van der Waals surface area contributed by atoms with E-state index in [1.807, 2.05) is 36.4 Å². The highest BCUT2D eigenvalue weighted by Gasteiger charge is 2.32. The molecule has 28 heavy (non-hydrogen) atoms. The third-order valence-corrected chi connectivity index (χ3v) is 7.35. The predicted molar refractivity (Wildman–Crippen MR) is 112 cm³/mol. The van der Waals surface area contributed by atoms with Crippen LogP contribution in [0.3, 0.4) is 0 Å². The van der Waals surface area contributed by atoms with E-state index >= 15 is 0 Å². The van der Waals surface area contributed by atoms with E-state index < -0.39 is 6.10 Å². The molecule has 0 unspecified atom stereocenters. The van der Waals surface area contributed by atoms with Crippen molar-refractivity contribution < 1.29 is 9.90 Å². The van der Waals surface area contributed by atoms with Gasteiger partial charge in [-0.25, -0.2) is 4.98 Å². The Hall–Kier alpha value is -2.08. The molecular formula is C23H24N2O2S. The van der Waals surface area contributed by atoms with Crippen LogP contribution in [0.15, 0.2) is 42.5 Å². The Balaban J connectivity index is 1.37. The van der Waals surface area contributed by atoms with E-state index in [4.69, 9.17) is 4.98 Å². The highest BCUT2D eigenvalue weighted by molar-refractivity contribution is 7.18. The Kier molecular flexibility index (Phi) is 4.75. The molecule has 5 heteroatoms. The Bertz CT molecular complexity index is 1020. The molecular weight excluding hydrogens is 368 g/mol. The zero-order valence-electron chi connectivity index (χ0n) is 15.7. The van der Waals surface area contributed by atoms with E-state index in [-0.39, 0.29) is 11.7 Å². The molecule has 144 valence electrons. The SMILES string of the molecule is O=C(C[C@@H]1c2ccccc2C[C@H]1O)c1ccc2nc(C3CCNCC3)sc2c1. The minimum Gasteiger partial charge on any atom is -0.392 e. The van der Waals surface area contributed by atoms with Crippen molar-refractivity contribution in [3.8, 4) is 0 Å². The maximum atomic E-state index is 13.0. The van der Waals surface area contributed by atoms with Crippen molar-refractivity contribution in [2.75, 3.05) is 13.1 Å². The summed E-state index contributed by atoms with van der Waals surface area (Å²) < 4.78 is 1.09. The Morgan fingerprint density at radius 2 is 2.00 bits per heavy atom. The summed E-state index contributed by atoms with van der Waals surface area (Å²) in [6.07, 6.45) is 2.78. The average molecular weight is 393 g/mol. The molecule has 2 N–H and O–H groups in total. The van der Waals surface area contributed by atoms with Crippen molar-refractivity contribution >= 4 is 27.3 Å². The number of aromatic nitrogens is 1. The number of aliphatic hydroxyl groups excluding tert-OH is 1. The van der Waals surface area contributed by atoms with Crippen LogP contribution in [0.4, 0.5) is 0 Å². The van der Waals surface area contributed by atoms with Gasteiger partial charge >= 0.3 is 0 Å². The van der Waals surface area contributed by atoms with Gasteiger partial charge in [0.2, 0.25) is 0 Å². The van der Waals surface area contributed by atoms with Gasteiger partial charge in [-0.15, -0.1) is 11.3 Å². The van der Waals surface area contributed by atoms with Crippen LogP contribution in [0.25, 0.3) is 10.2 Å². The van der Waals surface area contributed by atoms with E-state index in [9.17, 15) is 9.90 Å². The molecule has 3 aromatic rings. The summed E-state index contributed by atoms with van der Waals surface area (Å²) >= 11 is 1.73. The van der Waals surface area contributed by atoms with Crippen LogP contribution in [0.2, 0.25) is 0 Å². The predicted octanol–water partition coefficient (Wildman–Crippen LogP) is 4.04. The average Bonchev–Trinajstić information content (AvgIpc) is 3.29. The molecule has 1 aliphatic carbocycles. The van der Waals surface area contributed by atoms with Gasteiger partial charge in [0.25, 0.3) is 0 Å². The fraction of sp³-hybridized carbons (Fsp3) is 0.391. The third-order valence-electron chi connectivity index (χ3n) is 6.17. The van der Waals surface area contributed by atoms with Gasteiger partial charge in [-0.3, -0.25) is 4.79 Å². The van der Waals surface area contributed by atoms with Crippen LogP contribution >= 0.6 is 11.3 Å². The minimum atomic E-state index is -0.472. The van der Waals surface area contributed by atoms with Crippen LogP contribution in [-0.4, -0.2) is 35.1 Å². The molecule has 2 aliphatic rings. The van der Waals surface area contributed by atoms with Gasteiger partial charge in [0.15, 0.2) is 5.78 Å². The number of ketones is 1. The molecule has 0 amide bonds. The molecule has 0 radical (unpaired) electrons. The molecule has 2 atom stereocenters. The first-order valence-corrected chi connectivity index (χ1v) is 10.9. The van der Waals surface area contributed by atoms with Crippen molar-refractivity contribution in [2.45, 2.75) is 43.6 Å². The van der Waals surface area contributed by atoms with Crippen molar-refractivity contribution in [1.29, 1.82) is 0 Å². The van der Waals surface area contributed by atoms with E-state index in [1.165, 1.54) is 5.01 Å². The monoisotopic (exact) mass is 392 g/mol. The van der Waals surface area contributed by atoms with Gasteiger partial charge in [-0.1, -0.05) is 24.3 Å². The second-order valence-electron chi connectivity index (χ2n) is 7.96. The van der Waals surface area contributed by atoms with Crippen molar-refractivity contribution in [3.63, 3.8) is 0 Å². The molecule has 0 bridgehead atoms. The number of nitrogens with zero attached hydrogens (tertiary/aromatic N) is 1. The topological polar surface area (TPSA) is 62.2 Å². The zero-order chi connectivity index (χ0) is 19.1.